The lowest BCUT2D eigenvalue weighted by molar-refractivity contribution is 0.263. The molecule has 0 unspecified atom stereocenters. The van der Waals surface area contributed by atoms with Crippen molar-refractivity contribution in [2.45, 2.75) is 71.1 Å². The summed E-state index contributed by atoms with van der Waals surface area (Å²) in [5.41, 5.74) is 9.21. The minimum absolute atomic E-state index is 0.265. The number of aromatic amines is 1. The Labute approximate surface area is 243 Å². The van der Waals surface area contributed by atoms with Crippen LogP contribution in [0.5, 0.6) is 0 Å². The minimum atomic E-state index is -1.93. The second-order valence-corrected chi connectivity index (χ2v) is 17.3. The molecule has 41 heavy (non-hydrogen) atoms. The van der Waals surface area contributed by atoms with Gasteiger partial charge in [0.15, 0.2) is 8.32 Å². The predicted molar refractivity (Wildman–Crippen MR) is 170 cm³/mol. The van der Waals surface area contributed by atoms with Gasteiger partial charge in [-0.3, -0.25) is 9.67 Å². The largest absolute Gasteiger partial charge is 0.416 e. The fourth-order valence-electron chi connectivity index (χ4n) is 6.62. The quantitative estimate of drug-likeness (QED) is 0.127. The first-order chi connectivity index (χ1) is 19.7. The number of pyridine rings is 1. The summed E-state index contributed by atoms with van der Waals surface area (Å²) in [5.74, 6) is -0.265. The van der Waals surface area contributed by atoms with Crippen molar-refractivity contribution in [2.24, 2.45) is 0 Å². The molecule has 0 aliphatic heterocycles. The van der Waals surface area contributed by atoms with Crippen molar-refractivity contribution >= 4 is 19.4 Å². The standard InChI is InChI=1S/C34H41FN4OSi/c1-23(2)41(24(3)4,25(5)6)40-21-11-20-39-22-29(32(38-39)27-15-17-28(35)18-16-27)31-33(26-12-8-7-9-13-26)37-30-14-10-19-36-34(30)31/h7-10,12-19,22-25,37H,11,20-21H2,1-6H3. The van der Waals surface area contributed by atoms with Gasteiger partial charge in [0.2, 0.25) is 0 Å². The Balaban J connectivity index is 1.53. The molecular weight excluding hydrogens is 527 g/mol. The van der Waals surface area contributed by atoms with Crippen molar-refractivity contribution < 1.29 is 8.82 Å². The molecule has 5 rings (SSSR count). The van der Waals surface area contributed by atoms with E-state index in [4.69, 9.17) is 14.5 Å². The van der Waals surface area contributed by atoms with Crippen molar-refractivity contribution in [1.82, 2.24) is 19.7 Å². The number of halogens is 1. The number of H-pyrrole nitrogens is 1. The van der Waals surface area contributed by atoms with Gasteiger partial charge in [-0.15, -0.1) is 0 Å². The van der Waals surface area contributed by atoms with Crippen LogP contribution in [0.2, 0.25) is 16.6 Å². The average molecular weight is 569 g/mol. The normalized spacial score (nSPS) is 12.3. The van der Waals surface area contributed by atoms with Gasteiger partial charge >= 0.3 is 0 Å². The van der Waals surface area contributed by atoms with Crippen LogP contribution < -0.4 is 0 Å². The Morgan fingerprint density at radius 1 is 0.854 bits per heavy atom. The second-order valence-electron chi connectivity index (χ2n) is 11.8. The number of fused-ring (bicyclic) bond motifs is 1. The molecule has 0 aliphatic rings. The molecule has 3 heterocycles. The fourth-order valence-corrected chi connectivity index (χ4v) is 12.1. The molecule has 1 N–H and O–H groups in total. The maximum absolute atomic E-state index is 13.9. The van der Waals surface area contributed by atoms with Crippen LogP contribution in [0.25, 0.3) is 44.7 Å². The van der Waals surface area contributed by atoms with E-state index in [9.17, 15) is 4.39 Å². The van der Waals surface area contributed by atoms with E-state index >= 15 is 0 Å². The average Bonchev–Trinajstić information content (AvgIpc) is 3.55. The SMILES string of the molecule is CC(C)[Si](OCCCn1cc(-c2c(-c3ccccc3)[nH]c3cccnc23)c(-c2ccc(F)cc2)n1)(C(C)C)C(C)C. The van der Waals surface area contributed by atoms with E-state index in [-0.39, 0.29) is 5.82 Å². The lowest BCUT2D eigenvalue weighted by atomic mass is 9.98. The molecule has 0 radical (unpaired) electrons. The first-order valence-corrected chi connectivity index (χ1v) is 16.9. The van der Waals surface area contributed by atoms with Crippen LogP contribution in [-0.4, -0.2) is 34.7 Å². The monoisotopic (exact) mass is 568 g/mol. The minimum Gasteiger partial charge on any atom is -0.416 e. The van der Waals surface area contributed by atoms with Gasteiger partial charge in [0.1, 0.15) is 11.5 Å². The molecule has 0 saturated carbocycles. The van der Waals surface area contributed by atoms with Crippen molar-refractivity contribution in [2.75, 3.05) is 6.61 Å². The van der Waals surface area contributed by atoms with Crippen molar-refractivity contribution in [3.63, 3.8) is 0 Å². The van der Waals surface area contributed by atoms with E-state index in [0.29, 0.717) is 23.2 Å². The molecule has 0 aliphatic carbocycles. The highest BCUT2D eigenvalue weighted by Crippen LogP contribution is 2.43. The number of rotatable bonds is 11. The molecule has 0 bridgehead atoms. The number of hydrogen-bond donors (Lipinski definition) is 1. The van der Waals surface area contributed by atoms with Crippen LogP contribution in [0.3, 0.4) is 0 Å². The zero-order chi connectivity index (χ0) is 29.1. The van der Waals surface area contributed by atoms with Gasteiger partial charge in [-0.05, 0) is 65.0 Å². The molecule has 5 aromatic rings. The molecular formula is C34H41FN4OSi. The number of nitrogens with one attached hydrogen (secondary N) is 1. The van der Waals surface area contributed by atoms with Crippen LogP contribution >= 0.6 is 0 Å². The first-order valence-electron chi connectivity index (χ1n) is 14.7. The van der Waals surface area contributed by atoms with Gasteiger partial charge in [0.05, 0.1) is 16.7 Å². The van der Waals surface area contributed by atoms with E-state index in [1.54, 1.807) is 12.1 Å². The summed E-state index contributed by atoms with van der Waals surface area (Å²) in [6, 6.07) is 20.9. The predicted octanol–water partition coefficient (Wildman–Crippen LogP) is 9.48. The first kappa shape index (κ1) is 29.0. The maximum atomic E-state index is 13.9. The molecule has 214 valence electrons. The van der Waals surface area contributed by atoms with E-state index in [1.165, 1.54) is 12.1 Å². The Bertz CT molecular complexity index is 1570. The maximum Gasteiger partial charge on any atom is 0.200 e. The van der Waals surface area contributed by atoms with Crippen LogP contribution in [0.4, 0.5) is 4.39 Å². The van der Waals surface area contributed by atoms with Gasteiger partial charge in [-0.25, -0.2) is 4.39 Å². The van der Waals surface area contributed by atoms with Gasteiger partial charge < -0.3 is 9.41 Å². The smallest absolute Gasteiger partial charge is 0.200 e. The van der Waals surface area contributed by atoms with Gasteiger partial charge in [-0.1, -0.05) is 71.9 Å². The lowest BCUT2D eigenvalue weighted by Crippen LogP contribution is -2.48. The Morgan fingerprint density at radius 3 is 2.20 bits per heavy atom. The van der Waals surface area contributed by atoms with Crippen LogP contribution in [0, 0.1) is 5.82 Å². The summed E-state index contributed by atoms with van der Waals surface area (Å²) in [7, 11) is -1.93. The summed E-state index contributed by atoms with van der Waals surface area (Å²) in [4.78, 5) is 8.37. The van der Waals surface area contributed by atoms with Gasteiger partial charge in [0.25, 0.3) is 0 Å². The number of nitrogens with zero attached hydrogens (tertiary/aromatic N) is 3. The highest BCUT2D eigenvalue weighted by molar-refractivity contribution is 6.77. The molecule has 0 atom stereocenters. The number of aromatic nitrogens is 4. The number of benzene rings is 2. The molecule has 5 nitrogen and oxygen atoms in total. The summed E-state index contributed by atoms with van der Waals surface area (Å²) in [6.45, 7) is 15.4. The molecule has 0 spiro atoms. The van der Waals surface area contributed by atoms with E-state index in [0.717, 1.165) is 57.6 Å². The van der Waals surface area contributed by atoms with Gasteiger partial charge in [-0.2, -0.15) is 5.10 Å². The van der Waals surface area contributed by atoms with Crippen molar-refractivity contribution in [3.05, 3.63) is 84.9 Å². The second kappa shape index (κ2) is 12.1. The fraction of sp³-hybridized carbons (Fsp3) is 0.353. The molecule has 7 heteroatoms. The zero-order valence-electron chi connectivity index (χ0n) is 25.0. The summed E-state index contributed by atoms with van der Waals surface area (Å²) in [5, 5.41) is 5.06. The molecule has 0 saturated heterocycles. The zero-order valence-corrected chi connectivity index (χ0v) is 26.0. The van der Waals surface area contributed by atoms with E-state index < -0.39 is 8.32 Å². The summed E-state index contributed by atoms with van der Waals surface area (Å²) < 4.78 is 22.7. The van der Waals surface area contributed by atoms with Crippen molar-refractivity contribution in [3.8, 4) is 33.6 Å². The molecule has 2 aromatic carbocycles. The molecule has 0 fully saturated rings. The van der Waals surface area contributed by atoms with Crippen LogP contribution in [0.1, 0.15) is 48.0 Å². The molecule has 0 amide bonds. The van der Waals surface area contributed by atoms with Crippen LogP contribution in [0.15, 0.2) is 79.1 Å². The number of hydrogen-bond acceptors (Lipinski definition) is 3. The Hall–Kier alpha value is -3.55. The highest BCUT2D eigenvalue weighted by atomic mass is 28.4. The van der Waals surface area contributed by atoms with Gasteiger partial charge in [0, 0.05) is 42.2 Å². The van der Waals surface area contributed by atoms with Crippen molar-refractivity contribution in [1.29, 1.82) is 0 Å². The lowest BCUT2D eigenvalue weighted by Gasteiger charge is -2.42. The highest BCUT2D eigenvalue weighted by Gasteiger charge is 2.44. The van der Waals surface area contributed by atoms with Crippen LogP contribution in [-0.2, 0) is 11.0 Å². The Kier molecular flexibility index (Phi) is 8.57. The topological polar surface area (TPSA) is 55.7 Å². The van der Waals surface area contributed by atoms with E-state index in [2.05, 4.69) is 64.9 Å². The summed E-state index contributed by atoms with van der Waals surface area (Å²) in [6.07, 6.45) is 4.80. The Morgan fingerprint density at radius 2 is 1.54 bits per heavy atom. The molecule has 3 aromatic heterocycles. The third-order valence-corrected chi connectivity index (χ3v) is 14.5. The third kappa shape index (κ3) is 5.66. The summed E-state index contributed by atoms with van der Waals surface area (Å²) >= 11 is 0. The van der Waals surface area contributed by atoms with E-state index in [1.807, 2.05) is 41.2 Å². The third-order valence-electron chi connectivity index (χ3n) is 8.36. The number of aryl methyl sites for hydroxylation is 1.